The van der Waals surface area contributed by atoms with E-state index >= 15 is 0 Å². The first-order valence-corrected chi connectivity index (χ1v) is 4.95. The third kappa shape index (κ3) is 13.5. The summed E-state index contributed by atoms with van der Waals surface area (Å²) >= 11 is 0. The fraction of sp³-hybridized carbons (Fsp3) is 1.00. The maximum atomic E-state index is 8.96. The second-order valence-electron chi connectivity index (χ2n) is 3.41. The fourth-order valence-electron chi connectivity index (χ4n) is 1.22. The molecule has 0 aliphatic heterocycles. The molecule has 0 radical (unpaired) electrons. The number of hydrogen-bond donors (Lipinski definition) is 1. The number of aliphatic hydroxyl groups is 1. The van der Waals surface area contributed by atoms with Crippen LogP contribution in [-0.2, 0) is 0 Å². The van der Waals surface area contributed by atoms with Gasteiger partial charge in [-0.25, -0.2) is 0 Å². The normalized spacial score (nSPS) is 12.2. The van der Waals surface area contributed by atoms with Crippen LogP contribution in [0.25, 0.3) is 0 Å². The summed E-state index contributed by atoms with van der Waals surface area (Å²) in [7, 11) is 0. The van der Waals surface area contributed by atoms with E-state index in [1.165, 1.54) is 38.5 Å². The molecule has 0 aromatic carbocycles. The van der Waals surface area contributed by atoms with Crippen molar-refractivity contribution >= 4 is 29.6 Å². The predicted molar refractivity (Wildman–Crippen MR) is 56.8 cm³/mol. The van der Waals surface area contributed by atoms with Crippen molar-refractivity contribution in [3.8, 4) is 0 Å². The molecule has 1 N–H and O–H groups in total. The maximum absolute atomic E-state index is 8.96. The molecule has 0 aliphatic carbocycles. The van der Waals surface area contributed by atoms with Crippen LogP contribution in [-0.4, -0.2) is 40.8 Å². The molecule has 0 aromatic heterocycles. The first kappa shape index (κ1) is 15.4. The number of unbranched alkanes of at least 4 members (excludes halogenated alkanes) is 5. The van der Waals surface area contributed by atoms with E-state index in [0.29, 0.717) is 0 Å². The summed E-state index contributed by atoms with van der Waals surface area (Å²) in [6.07, 6.45) is 8.78. The van der Waals surface area contributed by atoms with Gasteiger partial charge in [-0.2, -0.15) is 0 Å². The van der Waals surface area contributed by atoms with Crippen LogP contribution >= 0.6 is 0 Å². The standard InChI is InChI=1S/C10H22O.Na.H/c1-3-4-5-6-7-8-9-10(2)11;;/h10-11H,3-9H2,1-2H3;;. The van der Waals surface area contributed by atoms with Gasteiger partial charge in [0.15, 0.2) is 0 Å². The second-order valence-corrected chi connectivity index (χ2v) is 3.41. The minimum atomic E-state index is -0.0961. The second kappa shape index (κ2) is 12.0. The van der Waals surface area contributed by atoms with Gasteiger partial charge in [0, 0.05) is 0 Å². The van der Waals surface area contributed by atoms with Crippen molar-refractivity contribution in [2.24, 2.45) is 0 Å². The van der Waals surface area contributed by atoms with Crippen molar-refractivity contribution in [3.05, 3.63) is 0 Å². The fourth-order valence-corrected chi connectivity index (χ4v) is 1.22. The molecule has 1 atom stereocenters. The Morgan fingerprint density at radius 3 is 2.00 bits per heavy atom. The van der Waals surface area contributed by atoms with Crippen molar-refractivity contribution < 1.29 is 5.11 Å². The Bertz CT molecular complexity index is 74.2. The van der Waals surface area contributed by atoms with Gasteiger partial charge in [-0.1, -0.05) is 45.4 Å². The van der Waals surface area contributed by atoms with E-state index in [4.69, 9.17) is 5.11 Å². The van der Waals surface area contributed by atoms with E-state index in [1.807, 2.05) is 6.92 Å². The average molecular weight is 182 g/mol. The molecule has 70 valence electrons. The summed E-state index contributed by atoms with van der Waals surface area (Å²) in [5, 5.41) is 8.96. The van der Waals surface area contributed by atoms with Crippen LogP contribution in [0, 0.1) is 0 Å². The van der Waals surface area contributed by atoms with E-state index in [2.05, 4.69) is 6.92 Å². The van der Waals surface area contributed by atoms with Crippen LogP contribution in [0.2, 0.25) is 0 Å². The topological polar surface area (TPSA) is 20.2 Å². The summed E-state index contributed by atoms with van der Waals surface area (Å²) < 4.78 is 0. The van der Waals surface area contributed by atoms with Gasteiger partial charge < -0.3 is 5.11 Å². The zero-order valence-electron chi connectivity index (χ0n) is 7.97. The van der Waals surface area contributed by atoms with E-state index in [1.54, 1.807) is 0 Å². The molecule has 0 heterocycles. The molecule has 0 fully saturated rings. The Morgan fingerprint density at radius 2 is 1.50 bits per heavy atom. The first-order valence-electron chi connectivity index (χ1n) is 4.95. The molecule has 0 amide bonds. The molecule has 0 spiro atoms. The van der Waals surface area contributed by atoms with Crippen LogP contribution in [0.5, 0.6) is 0 Å². The van der Waals surface area contributed by atoms with Crippen molar-refractivity contribution in [2.75, 3.05) is 0 Å². The molecule has 1 nitrogen and oxygen atoms in total. The van der Waals surface area contributed by atoms with Gasteiger partial charge in [0.2, 0.25) is 0 Å². The summed E-state index contributed by atoms with van der Waals surface area (Å²) in [5.74, 6) is 0. The molecule has 0 aromatic rings. The molecule has 12 heavy (non-hydrogen) atoms. The van der Waals surface area contributed by atoms with Crippen molar-refractivity contribution in [1.29, 1.82) is 0 Å². The number of aliphatic hydroxyl groups excluding tert-OH is 1. The van der Waals surface area contributed by atoms with Crippen molar-refractivity contribution in [2.45, 2.75) is 64.9 Å². The van der Waals surface area contributed by atoms with Gasteiger partial charge in [-0.15, -0.1) is 0 Å². The third-order valence-electron chi connectivity index (χ3n) is 1.98. The van der Waals surface area contributed by atoms with Gasteiger partial charge in [-0.3, -0.25) is 0 Å². The first-order chi connectivity index (χ1) is 5.27. The van der Waals surface area contributed by atoms with E-state index < -0.39 is 0 Å². The monoisotopic (exact) mass is 182 g/mol. The zero-order valence-corrected chi connectivity index (χ0v) is 7.97. The van der Waals surface area contributed by atoms with Gasteiger partial charge in [0.05, 0.1) is 6.10 Å². The SMILES string of the molecule is CCCCCCCCC(C)O.[NaH]. The molecule has 0 aliphatic rings. The molecule has 1 unspecified atom stereocenters. The average Bonchev–Trinajstić information content (AvgIpc) is 1.96. The molecule has 2 heteroatoms. The van der Waals surface area contributed by atoms with E-state index in [9.17, 15) is 0 Å². The van der Waals surface area contributed by atoms with Gasteiger partial charge in [0.1, 0.15) is 0 Å². The zero-order chi connectivity index (χ0) is 8.53. The number of hydrogen-bond acceptors (Lipinski definition) is 1. The number of rotatable bonds is 7. The Morgan fingerprint density at radius 1 is 1.00 bits per heavy atom. The van der Waals surface area contributed by atoms with E-state index in [-0.39, 0.29) is 35.7 Å². The van der Waals surface area contributed by atoms with Gasteiger partial charge in [-0.05, 0) is 13.3 Å². The van der Waals surface area contributed by atoms with Crippen LogP contribution < -0.4 is 0 Å². The summed E-state index contributed by atoms with van der Waals surface area (Å²) in [6, 6.07) is 0. The molecule has 0 saturated heterocycles. The van der Waals surface area contributed by atoms with Crippen LogP contribution in [0.3, 0.4) is 0 Å². The Labute approximate surface area is 99.2 Å². The summed E-state index contributed by atoms with van der Waals surface area (Å²) in [6.45, 7) is 4.10. The molecular formula is C10H23NaO. The summed E-state index contributed by atoms with van der Waals surface area (Å²) in [5.41, 5.74) is 0. The quantitative estimate of drug-likeness (QED) is 0.473. The Kier molecular flexibility index (Phi) is 15.4. The molecular weight excluding hydrogens is 159 g/mol. The molecule has 0 saturated carbocycles. The Balaban J connectivity index is 0. The molecule has 0 rings (SSSR count). The van der Waals surface area contributed by atoms with E-state index in [0.717, 1.165) is 6.42 Å². The predicted octanol–water partition coefficient (Wildman–Crippen LogP) is 2.47. The molecule has 0 bridgehead atoms. The third-order valence-corrected chi connectivity index (χ3v) is 1.98. The van der Waals surface area contributed by atoms with Crippen molar-refractivity contribution in [3.63, 3.8) is 0 Å². The van der Waals surface area contributed by atoms with Gasteiger partial charge >= 0.3 is 29.6 Å². The van der Waals surface area contributed by atoms with Crippen molar-refractivity contribution in [1.82, 2.24) is 0 Å². The van der Waals surface area contributed by atoms with Crippen LogP contribution in [0.15, 0.2) is 0 Å². The minimum absolute atomic E-state index is 0. The van der Waals surface area contributed by atoms with Gasteiger partial charge in [0.25, 0.3) is 0 Å². The Hall–Kier alpha value is 0.960. The van der Waals surface area contributed by atoms with Crippen LogP contribution in [0.1, 0.15) is 58.8 Å². The summed E-state index contributed by atoms with van der Waals surface area (Å²) in [4.78, 5) is 0. The van der Waals surface area contributed by atoms with Crippen LogP contribution in [0.4, 0.5) is 0 Å².